The van der Waals surface area contributed by atoms with Gasteiger partial charge in [0.1, 0.15) is 16.8 Å². The molecule has 0 bridgehead atoms. The first-order valence-electron chi connectivity index (χ1n) is 5.28. The zero-order chi connectivity index (χ0) is 12.3. The van der Waals surface area contributed by atoms with Gasteiger partial charge in [-0.15, -0.1) is 0 Å². The quantitative estimate of drug-likeness (QED) is 0.810. The molecule has 0 atom stereocenters. The zero-order valence-corrected chi connectivity index (χ0v) is 10.9. The summed E-state index contributed by atoms with van der Waals surface area (Å²) in [7, 11) is 3.98. The summed E-state index contributed by atoms with van der Waals surface area (Å²) >= 11 is 6.12. The van der Waals surface area contributed by atoms with Gasteiger partial charge in [-0.1, -0.05) is 25.4 Å². The fraction of sp³-hybridized carbons (Fsp3) is 0.636. The number of likely N-dealkylation sites (N-methyl/N-ethyl adjacent to an activating group) is 1. The third-order valence-electron chi connectivity index (χ3n) is 2.34. The van der Waals surface area contributed by atoms with Gasteiger partial charge in [0.25, 0.3) is 0 Å². The largest absolute Gasteiger partial charge is 0.308 e. The number of nitriles is 1. The summed E-state index contributed by atoms with van der Waals surface area (Å²) in [5.41, 5.74) is 1.29. The highest BCUT2D eigenvalue weighted by atomic mass is 35.5. The van der Waals surface area contributed by atoms with Gasteiger partial charge in [0.2, 0.25) is 0 Å². The Labute approximate surface area is 101 Å². The van der Waals surface area contributed by atoms with E-state index in [1.54, 1.807) is 4.68 Å². The molecule has 0 saturated carbocycles. The van der Waals surface area contributed by atoms with Crippen LogP contribution in [-0.2, 0) is 6.54 Å². The van der Waals surface area contributed by atoms with Gasteiger partial charge in [0, 0.05) is 6.54 Å². The number of nitrogens with zero attached hydrogens (tertiary/aromatic N) is 4. The minimum Gasteiger partial charge on any atom is -0.308 e. The first-order chi connectivity index (χ1) is 7.47. The topological polar surface area (TPSA) is 44.9 Å². The Balaban J connectivity index is 3.00. The molecule has 0 aromatic carbocycles. The van der Waals surface area contributed by atoms with Gasteiger partial charge in [-0.3, -0.25) is 4.68 Å². The second-order valence-corrected chi connectivity index (χ2v) is 4.70. The van der Waals surface area contributed by atoms with Gasteiger partial charge in [0.05, 0.1) is 12.2 Å². The maximum atomic E-state index is 9.04. The second-order valence-electron chi connectivity index (χ2n) is 4.34. The summed E-state index contributed by atoms with van der Waals surface area (Å²) < 4.78 is 1.70. The molecule has 0 amide bonds. The molecule has 0 fully saturated rings. The average Bonchev–Trinajstić information content (AvgIpc) is 2.52. The third kappa shape index (κ3) is 2.75. The van der Waals surface area contributed by atoms with E-state index in [4.69, 9.17) is 16.9 Å². The molecular weight excluding hydrogens is 224 g/mol. The molecule has 0 N–H and O–H groups in total. The average molecular weight is 241 g/mol. The van der Waals surface area contributed by atoms with Crippen molar-refractivity contribution in [3.05, 3.63) is 16.4 Å². The molecule has 0 aliphatic carbocycles. The van der Waals surface area contributed by atoms with E-state index >= 15 is 0 Å². The van der Waals surface area contributed by atoms with E-state index in [9.17, 15) is 0 Å². The van der Waals surface area contributed by atoms with E-state index in [2.05, 4.69) is 16.1 Å². The maximum absolute atomic E-state index is 9.04. The van der Waals surface area contributed by atoms with Crippen molar-refractivity contribution < 1.29 is 0 Å². The number of aromatic nitrogens is 2. The summed E-state index contributed by atoms with van der Waals surface area (Å²) in [4.78, 5) is 2.05. The van der Waals surface area contributed by atoms with Crippen LogP contribution in [0.25, 0.3) is 0 Å². The number of hydrogen-bond donors (Lipinski definition) is 0. The highest BCUT2D eigenvalue weighted by molar-refractivity contribution is 6.30. The van der Waals surface area contributed by atoms with Crippen molar-refractivity contribution in [3.63, 3.8) is 0 Å². The van der Waals surface area contributed by atoms with E-state index in [-0.39, 0.29) is 5.92 Å². The Morgan fingerprint density at radius 2 is 2.12 bits per heavy atom. The molecule has 0 aliphatic rings. The fourth-order valence-corrected chi connectivity index (χ4v) is 1.67. The summed E-state index contributed by atoms with van der Waals surface area (Å²) in [5.74, 6) is 0.216. The van der Waals surface area contributed by atoms with Gasteiger partial charge < -0.3 is 4.90 Å². The molecule has 1 aromatic heterocycles. The molecule has 1 rings (SSSR count). The van der Waals surface area contributed by atoms with E-state index in [0.29, 0.717) is 17.3 Å². The molecule has 0 saturated heterocycles. The first kappa shape index (κ1) is 13.0. The molecule has 0 radical (unpaired) electrons. The number of hydrogen-bond acceptors (Lipinski definition) is 3. The number of halogens is 1. The Morgan fingerprint density at radius 1 is 1.50 bits per heavy atom. The van der Waals surface area contributed by atoms with Crippen LogP contribution in [0.1, 0.15) is 31.0 Å². The summed E-state index contributed by atoms with van der Waals surface area (Å²) in [6.45, 7) is 5.57. The van der Waals surface area contributed by atoms with Crippen molar-refractivity contribution in [1.29, 1.82) is 5.26 Å². The lowest BCUT2D eigenvalue weighted by atomic mass is 10.1. The zero-order valence-electron chi connectivity index (χ0n) is 10.2. The maximum Gasteiger partial charge on any atom is 0.145 e. The van der Waals surface area contributed by atoms with Crippen LogP contribution in [0.3, 0.4) is 0 Å². The fourth-order valence-electron chi connectivity index (χ4n) is 1.41. The van der Waals surface area contributed by atoms with Crippen molar-refractivity contribution in [3.8, 4) is 6.07 Å². The van der Waals surface area contributed by atoms with Crippen LogP contribution in [0.2, 0.25) is 5.15 Å². The van der Waals surface area contributed by atoms with Crippen molar-refractivity contribution in [2.45, 2.75) is 26.3 Å². The normalized spacial score (nSPS) is 11.1. The molecule has 16 heavy (non-hydrogen) atoms. The minimum atomic E-state index is 0.216. The summed E-state index contributed by atoms with van der Waals surface area (Å²) in [6.07, 6.45) is 0. The Morgan fingerprint density at radius 3 is 2.50 bits per heavy atom. The lowest BCUT2D eigenvalue weighted by Gasteiger charge is -2.09. The van der Waals surface area contributed by atoms with Crippen molar-refractivity contribution in [2.75, 3.05) is 20.6 Å². The highest BCUT2D eigenvalue weighted by Crippen LogP contribution is 2.24. The minimum absolute atomic E-state index is 0.216. The van der Waals surface area contributed by atoms with Crippen molar-refractivity contribution in [2.24, 2.45) is 0 Å². The predicted octanol–water partition coefficient (Wildman–Crippen LogP) is 2.09. The second kappa shape index (κ2) is 5.33. The SMILES string of the molecule is CC(C)c1nn(CCN(C)C)c(Cl)c1C#N. The monoisotopic (exact) mass is 240 g/mol. The van der Waals surface area contributed by atoms with Crippen LogP contribution < -0.4 is 0 Å². The lowest BCUT2D eigenvalue weighted by molar-refractivity contribution is 0.372. The van der Waals surface area contributed by atoms with Crippen molar-refractivity contribution >= 4 is 11.6 Å². The summed E-state index contributed by atoms with van der Waals surface area (Å²) in [6, 6.07) is 2.12. The molecule has 0 unspecified atom stereocenters. The smallest absolute Gasteiger partial charge is 0.145 e. The van der Waals surface area contributed by atoms with Gasteiger partial charge in [-0.2, -0.15) is 10.4 Å². The van der Waals surface area contributed by atoms with E-state index in [1.807, 2.05) is 27.9 Å². The van der Waals surface area contributed by atoms with Gasteiger partial charge in [-0.25, -0.2) is 0 Å². The van der Waals surface area contributed by atoms with E-state index < -0.39 is 0 Å². The van der Waals surface area contributed by atoms with Gasteiger partial charge in [-0.05, 0) is 20.0 Å². The Hall–Kier alpha value is -1.05. The highest BCUT2D eigenvalue weighted by Gasteiger charge is 2.18. The van der Waals surface area contributed by atoms with Gasteiger partial charge in [0.15, 0.2) is 0 Å². The Kier molecular flexibility index (Phi) is 4.34. The molecule has 4 nitrogen and oxygen atoms in total. The van der Waals surface area contributed by atoms with Crippen molar-refractivity contribution in [1.82, 2.24) is 14.7 Å². The van der Waals surface area contributed by atoms with Crippen LogP contribution in [0.15, 0.2) is 0 Å². The van der Waals surface area contributed by atoms with Crippen LogP contribution >= 0.6 is 11.6 Å². The molecular formula is C11H17ClN4. The van der Waals surface area contributed by atoms with Crippen LogP contribution in [0.5, 0.6) is 0 Å². The third-order valence-corrected chi connectivity index (χ3v) is 2.72. The molecule has 1 aromatic rings. The van der Waals surface area contributed by atoms with Gasteiger partial charge >= 0.3 is 0 Å². The van der Waals surface area contributed by atoms with Crippen LogP contribution in [-0.4, -0.2) is 35.3 Å². The molecule has 88 valence electrons. The Bertz CT molecular complexity index is 401. The summed E-state index contributed by atoms with van der Waals surface area (Å²) in [5, 5.41) is 13.9. The lowest BCUT2D eigenvalue weighted by Crippen LogP contribution is -2.19. The molecule has 0 aliphatic heterocycles. The van der Waals surface area contributed by atoms with Crippen LogP contribution in [0, 0.1) is 11.3 Å². The van der Waals surface area contributed by atoms with E-state index in [1.165, 1.54) is 0 Å². The molecule has 0 spiro atoms. The molecule has 1 heterocycles. The number of rotatable bonds is 4. The van der Waals surface area contributed by atoms with E-state index in [0.717, 1.165) is 12.2 Å². The predicted molar refractivity (Wildman–Crippen MR) is 64.6 cm³/mol. The standard InChI is InChI=1S/C11H17ClN4/c1-8(2)10-9(7-13)11(12)16(14-10)6-5-15(3)4/h8H,5-6H2,1-4H3. The van der Waals surface area contributed by atoms with Crippen LogP contribution in [0.4, 0.5) is 0 Å². The molecule has 5 heteroatoms. The first-order valence-corrected chi connectivity index (χ1v) is 5.66.